The van der Waals surface area contributed by atoms with Crippen LogP contribution in [0.1, 0.15) is 33.6 Å². The second kappa shape index (κ2) is 6.83. The summed E-state index contributed by atoms with van der Waals surface area (Å²) < 4.78 is 0. The highest BCUT2D eigenvalue weighted by Gasteiger charge is 2.34. The van der Waals surface area contributed by atoms with E-state index in [0.717, 1.165) is 6.42 Å². The summed E-state index contributed by atoms with van der Waals surface area (Å²) in [6, 6.07) is 12.4. The Morgan fingerprint density at radius 1 is 0.846 bits per heavy atom. The summed E-state index contributed by atoms with van der Waals surface area (Å²) in [4.78, 5) is 31.6. The molecule has 0 spiro atoms. The van der Waals surface area contributed by atoms with Crippen molar-refractivity contribution in [3.8, 4) is 11.5 Å². The standard InChI is InChI=1S/C18H16N6O2/c25-17-13-7-1-2-8-14(13)18(26)23(17)11-5-6-12-24-21-16(20-22-24)15-9-3-4-10-19-15/h1-4,7-10H,5-6,11-12H2. The third-order valence-electron chi connectivity index (χ3n) is 4.21. The summed E-state index contributed by atoms with van der Waals surface area (Å²) >= 11 is 0. The molecule has 0 atom stereocenters. The maximum Gasteiger partial charge on any atom is 0.261 e. The van der Waals surface area contributed by atoms with Gasteiger partial charge in [-0.15, -0.1) is 10.2 Å². The van der Waals surface area contributed by atoms with Crippen LogP contribution in [0.5, 0.6) is 0 Å². The first kappa shape index (κ1) is 16.1. The highest BCUT2D eigenvalue weighted by atomic mass is 16.2. The molecule has 4 rings (SSSR count). The molecule has 130 valence electrons. The van der Waals surface area contributed by atoms with E-state index in [0.29, 0.717) is 42.2 Å². The number of carbonyl (C=O) groups excluding carboxylic acids is 2. The maximum atomic E-state index is 12.3. The van der Waals surface area contributed by atoms with Gasteiger partial charge in [-0.2, -0.15) is 4.80 Å². The van der Waals surface area contributed by atoms with Crippen molar-refractivity contribution in [2.24, 2.45) is 0 Å². The first-order valence-electron chi connectivity index (χ1n) is 8.38. The fourth-order valence-electron chi connectivity index (χ4n) is 2.90. The number of carbonyl (C=O) groups is 2. The van der Waals surface area contributed by atoms with E-state index in [9.17, 15) is 9.59 Å². The molecule has 3 heterocycles. The molecule has 0 fully saturated rings. The fourth-order valence-corrected chi connectivity index (χ4v) is 2.90. The number of benzene rings is 1. The second-order valence-electron chi connectivity index (χ2n) is 5.94. The van der Waals surface area contributed by atoms with Crippen LogP contribution >= 0.6 is 0 Å². The number of tetrazole rings is 1. The van der Waals surface area contributed by atoms with Crippen LogP contribution in [0.4, 0.5) is 0 Å². The van der Waals surface area contributed by atoms with E-state index in [2.05, 4.69) is 20.4 Å². The SMILES string of the molecule is O=C1c2ccccc2C(=O)N1CCCCn1nnc(-c2ccccn2)n1. The van der Waals surface area contributed by atoms with Crippen LogP contribution in [0.3, 0.4) is 0 Å². The first-order chi connectivity index (χ1) is 12.7. The van der Waals surface area contributed by atoms with Crippen molar-refractivity contribution in [2.45, 2.75) is 19.4 Å². The van der Waals surface area contributed by atoms with Crippen LogP contribution in [-0.2, 0) is 6.54 Å². The Labute approximate surface area is 149 Å². The highest BCUT2D eigenvalue weighted by molar-refractivity contribution is 6.21. The average molecular weight is 348 g/mol. The summed E-state index contributed by atoms with van der Waals surface area (Å²) in [5.74, 6) is 0.0368. The number of hydrogen-bond acceptors (Lipinski definition) is 6. The van der Waals surface area contributed by atoms with Gasteiger partial charge in [0.05, 0.1) is 17.7 Å². The number of unbranched alkanes of at least 4 members (excludes halogenated alkanes) is 1. The number of hydrogen-bond donors (Lipinski definition) is 0. The molecule has 1 aliphatic heterocycles. The molecular weight excluding hydrogens is 332 g/mol. The second-order valence-corrected chi connectivity index (χ2v) is 5.94. The van der Waals surface area contributed by atoms with Gasteiger partial charge >= 0.3 is 0 Å². The van der Waals surface area contributed by atoms with Crippen molar-refractivity contribution < 1.29 is 9.59 Å². The number of amides is 2. The molecule has 1 aliphatic rings. The maximum absolute atomic E-state index is 12.3. The lowest BCUT2D eigenvalue weighted by molar-refractivity contribution is 0.0651. The summed E-state index contributed by atoms with van der Waals surface area (Å²) in [6.07, 6.45) is 3.08. The third-order valence-corrected chi connectivity index (χ3v) is 4.21. The van der Waals surface area contributed by atoms with Crippen molar-refractivity contribution in [1.29, 1.82) is 0 Å². The largest absolute Gasteiger partial charge is 0.274 e. The van der Waals surface area contributed by atoms with Gasteiger partial charge < -0.3 is 0 Å². The zero-order valence-corrected chi connectivity index (χ0v) is 13.9. The minimum atomic E-state index is -0.220. The van der Waals surface area contributed by atoms with E-state index in [1.165, 1.54) is 9.70 Å². The molecule has 2 amide bonds. The zero-order valence-electron chi connectivity index (χ0n) is 13.9. The number of pyridine rings is 1. The molecule has 0 saturated carbocycles. The molecule has 8 nitrogen and oxygen atoms in total. The van der Waals surface area contributed by atoms with E-state index in [4.69, 9.17) is 0 Å². The Hall–Kier alpha value is -3.42. The normalized spacial score (nSPS) is 13.3. The predicted molar refractivity (Wildman–Crippen MR) is 92.1 cm³/mol. The van der Waals surface area contributed by atoms with E-state index >= 15 is 0 Å². The molecular formula is C18H16N6O2. The lowest BCUT2D eigenvalue weighted by atomic mass is 10.1. The van der Waals surface area contributed by atoms with Crippen LogP contribution in [0, 0.1) is 0 Å². The fraction of sp³-hybridized carbons (Fsp3) is 0.222. The van der Waals surface area contributed by atoms with Gasteiger partial charge in [-0.3, -0.25) is 19.5 Å². The zero-order chi connectivity index (χ0) is 17.9. The smallest absolute Gasteiger partial charge is 0.261 e. The monoisotopic (exact) mass is 348 g/mol. The van der Waals surface area contributed by atoms with Crippen LogP contribution in [0.15, 0.2) is 48.7 Å². The Morgan fingerprint density at radius 3 is 2.23 bits per heavy atom. The van der Waals surface area contributed by atoms with Gasteiger partial charge in [0.15, 0.2) is 0 Å². The predicted octanol–water partition coefficient (Wildman–Crippen LogP) is 1.81. The first-order valence-corrected chi connectivity index (χ1v) is 8.38. The number of aromatic nitrogens is 5. The molecule has 26 heavy (non-hydrogen) atoms. The summed E-state index contributed by atoms with van der Waals surface area (Å²) in [6.45, 7) is 0.942. The summed E-state index contributed by atoms with van der Waals surface area (Å²) in [7, 11) is 0. The van der Waals surface area contributed by atoms with Crippen molar-refractivity contribution >= 4 is 11.8 Å². The van der Waals surface area contributed by atoms with Gasteiger partial charge in [-0.25, -0.2) is 0 Å². The Kier molecular flexibility index (Phi) is 4.22. The quantitative estimate of drug-likeness (QED) is 0.498. The topological polar surface area (TPSA) is 93.9 Å². The lowest BCUT2D eigenvalue weighted by Crippen LogP contribution is -2.30. The van der Waals surface area contributed by atoms with E-state index in [1.54, 1.807) is 30.5 Å². The number of imide groups is 1. The van der Waals surface area contributed by atoms with E-state index in [-0.39, 0.29) is 11.8 Å². The number of rotatable bonds is 6. The van der Waals surface area contributed by atoms with E-state index < -0.39 is 0 Å². The molecule has 2 aromatic heterocycles. The van der Waals surface area contributed by atoms with Crippen LogP contribution in [-0.4, -0.2) is 48.5 Å². The van der Waals surface area contributed by atoms with Crippen LogP contribution in [0.25, 0.3) is 11.5 Å². The van der Waals surface area contributed by atoms with Gasteiger partial charge in [0.2, 0.25) is 5.82 Å². The summed E-state index contributed by atoms with van der Waals surface area (Å²) in [5, 5.41) is 12.3. The van der Waals surface area contributed by atoms with Crippen molar-refractivity contribution in [2.75, 3.05) is 6.54 Å². The van der Waals surface area contributed by atoms with Crippen LogP contribution in [0.2, 0.25) is 0 Å². The molecule has 0 aliphatic carbocycles. The van der Waals surface area contributed by atoms with Gasteiger partial charge in [-0.05, 0) is 42.3 Å². The number of aryl methyl sites for hydroxylation is 1. The average Bonchev–Trinajstić information content (AvgIpc) is 3.25. The van der Waals surface area contributed by atoms with Crippen LogP contribution < -0.4 is 0 Å². The van der Waals surface area contributed by atoms with Crippen molar-refractivity contribution in [3.63, 3.8) is 0 Å². The molecule has 0 N–H and O–H groups in total. The van der Waals surface area contributed by atoms with Gasteiger partial charge in [0.1, 0.15) is 5.69 Å². The summed E-state index contributed by atoms with van der Waals surface area (Å²) in [5.41, 5.74) is 1.63. The minimum absolute atomic E-state index is 0.220. The van der Waals surface area contributed by atoms with E-state index in [1.807, 2.05) is 18.2 Å². The molecule has 0 radical (unpaired) electrons. The van der Waals surface area contributed by atoms with Gasteiger partial charge in [0, 0.05) is 12.7 Å². The van der Waals surface area contributed by atoms with Gasteiger partial charge in [-0.1, -0.05) is 18.2 Å². The third kappa shape index (κ3) is 2.97. The Morgan fingerprint density at radius 2 is 1.54 bits per heavy atom. The molecule has 8 heteroatoms. The van der Waals surface area contributed by atoms with Crippen molar-refractivity contribution in [3.05, 3.63) is 59.8 Å². The van der Waals surface area contributed by atoms with Crippen molar-refractivity contribution in [1.82, 2.24) is 30.1 Å². The number of nitrogens with zero attached hydrogens (tertiary/aromatic N) is 6. The van der Waals surface area contributed by atoms with Gasteiger partial charge in [0.25, 0.3) is 11.8 Å². The Balaban J connectivity index is 1.31. The minimum Gasteiger partial charge on any atom is -0.274 e. The molecule has 0 saturated heterocycles. The highest BCUT2D eigenvalue weighted by Crippen LogP contribution is 2.22. The lowest BCUT2D eigenvalue weighted by Gasteiger charge is -2.13. The Bertz CT molecular complexity index is 918. The molecule has 3 aromatic rings. The number of fused-ring (bicyclic) bond motifs is 1. The molecule has 1 aromatic carbocycles. The molecule has 0 unspecified atom stereocenters. The molecule has 0 bridgehead atoms.